The van der Waals surface area contributed by atoms with Gasteiger partial charge in [0.15, 0.2) is 0 Å². The number of methoxy groups -OCH3 is 1. The standard InChI is InChI=1S/C32H39N11O3Si/c1-23(44)40-12-14-42(15-13-40)27-8-10-41(11-9-27)28-6-7-29(31(17-28)45-2)37-32-34-19-26(20-35-32)24-4-5-25(18-33)30(16-24)46-47(3)22-43-21-36-38-39-43/h4-7,16-17,19-21,27,47H,8-15,22H2,1-3H3,(H,34,35,37)/t47-/m0/s1. The molecule has 2 saturated heterocycles. The van der Waals surface area contributed by atoms with Crippen LogP contribution in [-0.4, -0.2) is 107 Å². The van der Waals surface area contributed by atoms with Crippen molar-refractivity contribution in [3.8, 4) is 28.7 Å². The number of hydrogen-bond acceptors (Lipinski definition) is 12. The first-order valence-electron chi connectivity index (χ1n) is 15.8. The average Bonchev–Trinajstić information content (AvgIpc) is 3.62. The van der Waals surface area contributed by atoms with Crippen molar-refractivity contribution in [3.63, 3.8) is 0 Å². The minimum Gasteiger partial charge on any atom is -0.544 e. The number of anilines is 3. The number of piperazine rings is 1. The van der Waals surface area contributed by atoms with E-state index in [9.17, 15) is 10.1 Å². The minimum atomic E-state index is -1.76. The summed E-state index contributed by atoms with van der Waals surface area (Å²) in [6, 6.07) is 14.4. The van der Waals surface area contributed by atoms with Crippen LogP contribution in [0.25, 0.3) is 11.1 Å². The topological polar surface area (TPSA) is 150 Å². The van der Waals surface area contributed by atoms with Gasteiger partial charge in [0.05, 0.1) is 24.5 Å². The van der Waals surface area contributed by atoms with Crippen LogP contribution in [0.15, 0.2) is 55.1 Å². The maximum Gasteiger partial charge on any atom is 0.253 e. The summed E-state index contributed by atoms with van der Waals surface area (Å²) in [6.07, 6.45) is 7.81. The Morgan fingerprint density at radius 2 is 1.79 bits per heavy atom. The van der Waals surface area contributed by atoms with Gasteiger partial charge in [0.25, 0.3) is 9.04 Å². The maximum absolute atomic E-state index is 11.7. The first-order chi connectivity index (χ1) is 22.9. The summed E-state index contributed by atoms with van der Waals surface area (Å²) < 4.78 is 13.6. The molecular formula is C32H39N11O3Si. The Labute approximate surface area is 275 Å². The molecule has 0 unspecified atom stereocenters. The number of piperidine rings is 1. The highest BCUT2D eigenvalue weighted by Gasteiger charge is 2.28. The minimum absolute atomic E-state index is 0.170. The van der Waals surface area contributed by atoms with Gasteiger partial charge in [-0.25, -0.2) is 14.6 Å². The number of hydrogen-bond donors (Lipinski definition) is 1. The number of carbonyl (C=O) groups is 1. The zero-order chi connectivity index (χ0) is 32.8. The Hall–Kier alpha value is -5.07. The Kier molecular flexibility index (Phi) is 9.88. The second-order valence-electron chi connectivity index (χ2n) is 11.8. The molecule has 0 radical (unpaired) electrons. The lowest BCUT2D eigenvalue weighted by molar-refractivity contribution is -0.130. The van der Waals surface area contributed by atoms with Crippen LogP contribution in [0.3, 0.4) is 0 Å². The molecule has 2 aromatic carbocycles. The van der Waals surface area contributed by atoms with Gasteiger partial charge >= 0.3 is 0 Å². The van der Waals surface area contributed by atoms with Crippen molar-refractivity contribution in [2.75, 3.05) is 56.6 Å². The molecule has 4 aromatic rings. The molecule has 6 rings (SSSR count). The van der Waals surface area contributed by atoms with Gasteiger partial charge in [-0.1, -0.05) is 6.07 Å². The third-order valence-electron chi connectivity index (χ3n) is 8.79. The van der Waals surface area contributed by atoms with E-state index >= 15 is 0 Å². The molecule has 1 N–H and O–H groups in total. The zero-order valence-electron chi connectivity index (χ0n) is 26.9. The number of rotatable bonds is 10. The first kappa shape index (κ1) is 31.9. The van der Waals surface area contributed by atoms with Crippen molar-refractivity contribution >= 4 is 32.3 Å². The van der Waals surface area contributed by atoms with Gasteiger partial charge in [-0.15, -0.1) is 5.10 Å². The third kappa shape index (κ3) is 7.67. The normalized spacial score (nSPS) is 16.4. The number of tetrazole rings is 1. The molecule has 15 heteroatoms. The number of amides is 1. The van der Waals surface area contributed by atoms with E-state index in [0.29, 0.717) is 35.2 Å². The molecule has 2 aliphatic heterocycles. The molecule has 47 heavy (non-hydrogen) atoms. The Balaban J connectivity index is 1.07. The SMILES string of the molecule is COc1cc(N2CCC(N3CCN(C(C)=O)CC3)CC2)ccc1Nc1ncc(-c2ccc(C#N)c(O[Si@@H](C)Cn3cnnn3)c2)cn1. The van der Waals surface area contributed by atoms with E-state index in [1.54, 1.807) is 43.5 Å². The smallest absolute Gasteiger partial charge is 0.253 e. The summed E-state index contributed by atoms with van der Waals surface area (Å²) in [6.45, 7) is 9.19. The van der Waals surface area contributed by atoms with E-state index in [0.717, 1.165) is 74.6 Å². The fourth-order valence-corrected chi connectivity index (χ4v) is 7.60. The second kappa shape index (κ2) is 14.6. The van der Waals surface area contributed by atoms with Gasteiger partial charge in [-0.2, -0.15) is 5.26 Å². The van der Waals surface area contributed by atoms with E-state index < -0.39 is 9.04 Å². The molecule has 0 aliphatic carbocycles. The molecule has 2 aromatic heterocycles. The van der Waals surface area contributed by atoms with Crippen LogP contribution in [0.2, 0.25) is 6.55 Å². The summed E-state index contributed by atoms with van der Waals surface area (Å²) in [5.74, 6) is 1.86. The molecule has 1 atom stereocenters. The molecule has 0 bridgehead atoms. The predicted molar refractivity (Wildman–Crippen MR) is 179 cm³/mol. The molecule has 1 amide bonds. The number of nitriles is 1. The van der Waals surface area contributed by atoms with E-state index in [1.807, 2.05) is 29.6 Å². The highest BCUT2D eigenvalue weighted by atomic mass is 28.3. The van der Waals surface area contributed by atoms with Crippen LogP contribution in [-0.2, 0) is 11.0 Å². The van der Waals surface area contributed by atoms with Gasteiger partial charge in [0.2, 0.25) is 11.9 Å². The average molecular weight is 654 g/mol. The summed E-state index contributed by atoms with van der Waals surface area (Å²) in [5.41, 5.74) is 4.01. The van der Waals surface area contributed by atoms with Crippen LogP contribution in [0.1, 0.15) is 25.3 Å². The molecule has 4 heterocycles. The molecule has 2 aliphatic rings. The van der Waals surface area contributed by atoms with E-state index in [4.69, 9.17) is 9.16 Å². The number of nitrogens with one attached hydrogen (secondary N) is 1. The molecule has 14 nitrogen and oxygen atoms in total. The quantitative estimate of drug-likeness (QED) is 0.251. The Bertz CT molecular complexity index is 1700. The lowest BCUT2D eigenvalue weighted by atomic mass is 10.0. The fraction of sp³-hybridized carbons (Fsp3) is 0.406. The van der Waals surface area contributed by atoms with Crippen molar-refractivity contribution in [1.82, 2.24) is 40.0 Å². The fourth-order valence-electron chi connectivity index (χ4n) is 6.21. The first-order valence-corrected chi connectivity index (χ1v) is 18.3. The lowest BCUT2D eigenvalue weighted by Crippen LogP contribution is -2.54. The van der Waals surface area contributed by atoms with Crippen LogP contribution in [0, 0.1) is 11.3 Å². The monoisotopic (exact) mass is 653 g/mol. The molecule has 244 valence electrons. The third-order valence-corrected chi connectivity index (χ3v) is 10.3. The molecule has 0 saturated carbocycles. The van der Waals surface area contributed by atoms with Crippen LogP contribution < -0.4 is 19.4 Å². The highest BCUT2D eigenvalue weighted by molar-refractivity contribution is 6.49. The van der Waals surface area contributed by atoms with Gasteiger partial charge < -0.3 is 24.3 Å². The summed E-state index contributed by atoms with van der Waals surface area (Å²) >= 11 is 0. The number of benzene rings is 2. The highest BCUT2D eigenvalue weighted by Crippen LogP contribution is 2.34. The zero-order valence-corrected chi connectivity index (χ0v) is 28.1. The Morgan fingerprint density at radius 1 is 1.02 bits per heavy atom. The van der Waals surface area contributed by atoms with E-state index in [2.05, 4.69) is 58.8 Å². The van der Waals surface area contributed by atoms with Crippen molar-refractivity contribution in [1.29, 1.82) is 5.26 Å². The summed E-state index contributed by atoms with van der Waals surface area (Å²) in [4.78, 5) is 27.7. The lowest BCUT2D eigenvalue weighted by Gasteiger charge is -2.43. The molecular weight excluding hydrogens is 615 g/mol. The van der Waals surface area contributed by atoms with Crippen LogP contribution in [0.4, 0.5) is 17.3 Å². The van der Waals surface area contributed by atoms with Gasteiger partial charge in [-0.3, -0.25) is 9.69 Å². The summed E-state index contributed by atoms with van der Waals surface area (Å²) in [5, 5.41) is 24.2. The largest absolute Gasteiger partial charge is 0.544 e. The van der Waals surface area contributed by atoms with Gasteiger partial charge in [0, 0.05) is 81.9 Å². The molecule has 0 spiro atoms. The van der Waals surface area contributed by atoms with Crippen LogP contribution in [0.5, 0.6) is 11.5 Å². The number of carbonyl (C=O) groups excluding carboxylic acids is 1. The van der Waals surface area contributed by atoms with Gasteiger partial charge in [-0.05, 0) is 59.6 Å². The maximum atomic E-state index is 11.7. The second-order valence-corrected chi connectivity index (χ2v) is 14.1. The van der Waals surface area contributed by atoms with E-state index in [1.165, 1.54) is 0 Å². The van der Waals surface area contributed by atoms with Crippen molar-refractivity contribution in [3.05, 3.63) is 60.7 Å². The van der Waals surface area contributed by atoms with E-state index in [-0.39, 0.29) is 5.91 Å². The van der Waals surface area contributed by atoms with Crippen LogP contribution >= 0.6 is 0 Å². The van der Waals surface area contributed by atoms with Crippen molar-refractivity contribution in [2.24, 2.45) is 0 Å². The van der Waals surface area contributed by atoms with Crippen molar-refractivity contribution in [2.45, 2.75) is 38.5 Å². The Morgan fingerprint density at radius 3 is 2.45 bits per heavy atom. The number of aromatic nitrogens is 6. The number of ether oxygens (including phenoxy) is 1. The van der Waals surface area contributed by atoms with Crippen molar-refractivity contribution < 1.29 is 14.0 Å². The predicted octanol–water partition coefficient (Wildman–Crippen LogP) is 2.86. The number of nitrogens with zero attached hydrogens (tertiary/aromatic N) is 10. The molecule has 2 fully saturated rings. The summed E-state index contributed by atoms with van der Waals surface area (Å²) in [7, 11) is -0.0966. The van der Waals surface area contributed by atoms with Gasteiger partial charge in [0.1, 0.15) is 23.9 Å².